The van der Waals surface area contributed by atoms with Crippen LogP contribution in [-0.4, -0.2) is 65.8 Å². The lowest BCUT2D eigenvalue weighted by Crippen LogP contribution is -2.59. The fraction of sp³-hybridized carbons (Fsp3) is 0.588. The Balaban J connectivity index is 1.70. The lowest BCUT2D eigenvalue weighted by molar-refractivity contribution is -0.161. The number of aliphatic hydroxyl groups is 1. The van der Waals surface area contributed by atoms with E-state index in [0.717, 1.165) is 6.07 Å². The van der Waals surface area contributed by atoms with Crippen LogP contribution in [0.15, 0.2) is 18.2 Å². The number of benzene rings is 1. The molecule has 2 aliphatic rings. The number of hydrogen-bond acceptors (Lipinski definition) is 4. The summed E-state index contributed by atoms with van der Waals surface area (Å²) in [6, 6.07) is 3.93. The Morgan fingerprint density at radius 2 is 1.96 bits per heavy atom. The number of nitrogens with zero attached hydrogens (tertiary/aromatic N) is 2. The van der Waals surface area contributed by atoms with Gasteiger partial charge in [0.05, 0.1) is 13.2 Å². The zero-order chi connectivity index (χ0) is 17.2. The summed E-state index contributed by atoms with van der Waals surface area (Å²) >= 11 is 0. The smallest absolute Gasteiger partial charge is 0.256 e. The summed E-state index contributed by atoms with van der Waals surface area (Å²) in [5, 5.41) is 10.8. The molecule has 0 radical (unpaired) electrons. The van der Waals surface area contributed by atoms with Gasteiger partial charge < -0.3 is 14.7 Å². The van der Waals surface area contributed by atoms with E-state index in [9.17, 15) is 18.7 Å². The lowest BCUT2D eigenvalue weighted by Gasteiger charge is -2.41. The number of β-amino-alcohol motifs (C(OH)–C–C–N with tert-alkyl or cyclic N) is 1. The van der Waals surface area contributed by atoms with Crippen molar-refractivity contribution in [3.05, 3.63) is 35.4 Å². The standard InChI is InChI=1S/C17H22F2N2O3/c18-14-4-1-3-13(15(14)19)11-21-6-2-5-17(23,16(21)22)12-20-7-9-24-10-8-20/h1,3-4,23H,2,5-12H2/t17-/m1/s1. The van der Waals surface area contributed by atoms with Crippen LogP contribution in [0.5, 0.6) is 0 Å². The van der Waals surface area contributed by atoms with E-state index in [0.29, 0.717) is 45.7 Å². The molecule has 0 saturated carbocycles. The van der Waals surface area contributed by atoms with E-state index in [1.807, 2.05) is 4.90 Å². The molecule has 2 saturated heterocycles. The van der Waals surface area contributed by atoms with Crippen molar-refractivity contribution in [2.45, 2.75) is 25.0 Å². The minimum Gasteiger partial charge on any atom is -0.379 e. The van der Waals surface area contributed by atoms with Crippen molar-refractivity contribution in [1.29, 1.82) is 0 Å². The van der Waals surface area contributed by atoms with Crippen LogP contribution in [0, 0.1) is 11.6 Å². The minimum absolute atomic E-state index is 0.0339. The Kier molecular flexibility index (Phi) is 5.12. The van der Waals surface area contributed by atoms with E-state index in [1.54, 1.807) is 0 Å². The van der Waals surface area contributed by atoms with Gasteiger partial charge in [-0.05, 0) is 18.9 Å². The number of rotatable bonds is 4. The molecule has 5 nitrogen and oxygen atoms in total. The first-order valence-corrected chi connectivity index (χ1v) is 8.24. The molecule has 1 amide bonds. The quantitative estimate of drug-likeness (QED) is 0.893. The zero-order valence-corrected chi connectivity index (χ0v) is 13.5. The molecule has 1 aromatic carbocycles. The van der Waals surface area contributed by atoms with Crippen molar-refractivity contribution in [2.24, 2.45) is 0 Å². The molecule has 0 bridgehead atoms. The topological polar surface area (TPSA) is 53.0 Å². The highest BCUT2D eigenvalue weighted by Crippen LogP contribution is 2.26. The molecular weight excluding hydrogens is 318 g/mol. The summed E-state index contributed by atoms with van der Waals surface area (Å²) in [5.74, 6) is -2.28. The van der Waals surface area contributed by atoms with E-state index in [-0.39, 0.29) is 18.7 Å². The van der Waals surface area contributed by atoms with Crippen molar-refractivity contribution >= 4 is 5.91 Å². The van der Waals surface area contributed by atoms with Crippen molar-refractivity contribution < 1.29 is 23.4 Å². The number of likely N-dealkylation sites (tertiary alicyclic amines) is 1. The Morgan fingerprint density at radius 3 is 2.71 bits per heavy atom. The highest BCUT2D eigenvalue weighted by Gasteiger charge is 2.43. The summed E-state index contributed by atoms with van der Waals surface area (Å²) in [4.78, 5) is 16.1. The monoisotopic (exact) mass is 340 g/mol. The molecule has 2 fully saturated rings. The molecule has 2 aliphatic heterocycles. The maximum Gasteiger partial charge on any atom is 0.256 e. The van der Waals surface area contributed by atoms with Gasteiger partial charge in [0.15, 0.2) is 17.2 Å². The number of hydrogen-bond donors (Lipinski definition) is 1. The minimum atomic E-state index is -1.47. The number of halogens is 2. The molecule has 0 spiro atoms. The number of amides is 1. The molecule has 2 heterocycles. The van der Waals surface area contributed by atoms with Crippen LogP contribution in [0.1, 0.15) is 18.4 Å². The summed E-state index contributed by atoms with van der Waals surface area (Å²) in [7, 11) is 0. The lowest BCUT2D eigenvalue weighted by atomic mass is 9.90. The highest BCUT2D eigenvalue weighted by molar-refractivity contribution is 5.86. The van der Waals surface area contributed by atoms with Gasteiger partial charge in [-0.25, -0.2) is 8.78 Å². The average molecular weight is 340 g/mol. The maximum atomic E-state index is 13.9. The number of ether oxygens (including phenoxy) is 1. The number of morpholine rings is 1. The van der Waals surface area contributed by atoms with E-state index in [1.165, 1.54) is 17.0 Å². The van der Waals surface area contributed by atoms with Gasteiger partial charge in [-0.3, -0.25) is 9.69 Å². The van der Waals surface area contributed by atoms with E-state index in [4.69, 9.17) is 4.74 Å². The highest BCUT2D eigenvalue weighted by atomic mass is 19.2. The summed E-state index contributed by atoms with van der Waals surface area (Å²) in [6.07, 6.45) is 1.01. The largest absolute Gasteiger partial charge is 0.379 e. The Labute approximate surface area is 139 Å². The number of carbonyl (C=O) groups excluding carboxylic acids is 1. The van der Waals surface area contributed by atoms with Crippen LogP contribution < -0.4 is 0 Å². The predicted octanol–water partition coefficient (Wildman–Crippen LogP) is 1.15. The van der Waals surface area contributed by atoms with Crippen LogP contribution in [-0.2, 0) is 16.1 Å². The average Bonchev–Trinajstić information content (AvgIpc) is 2.57. The molecule has 0 aromatic heterocycles. The molecular formula is C17H22F2N2O3. The third kappa shape index (κ3) is 3.58. The summed E-state index contributed by atoms with van der Waals surface area (Å²) in [6.45, 7) is 3.17. The molecule has 0 unspecified atom stereocenters. The molecule has 1 N–H and O–H groups in total. The Bertz CT molecular complexity index is 607. The van der Waals surface area contributed by atoms with Gasteiger partial charge in [-0.15, -0.1) is 0 Å². The second-order valence-corrected chi connectivity index (χ2v) is 6.46. The number of carbonyl (C=O) groups is 1. The van der Waals surface area contributed by atoms with Crippen LogP contribution in [0.3, 0.4) is 0 Å². The third-order valence-electron chi connectivity index (χ3n) is 4.69. The first-order chi connectivity index (χ1) is 11.5. The third-order valence-corrected chi connectivity index (χ3v) is 4.69. The molecule has 1 aromatic rings. The predicted molar refractivity (Wildman–Crippen MR) is 83.2 cm³/mol. The zero-order valence-electron chi connectivity index (χ0n) is 13.5. The maximum absolute atomic E-state index is 13.9. The first-order valence-electron chi connectivity index (χ1n) is 8.24. The Hall–Kier alpha value is -1.57. The van der Waals surface area contributed by atoms with Crippen LogP contribution in [0.4, 0.5) is 8.78 Å². The first kappa shape index (κ1) is 17.3. The second-order valence-electron chi connectivity index (χ2n) is 6.46. The normalized spacial score (nSPS) is 26.0. The molecule has 7 heteroatoms. The molecule has 0 aliphatic carbocycles. The van der Waals surface area contributed by atoms with E-state index in [2.05, 4.69) is 0 Å². The number of piperidine rings is 1. The van der Waals surface area contributed by atoms with Gasteiger partial charge >= 0.3 is 0 Å². The molecule has 132 valence electrons. The van der Waals surface area contributed by atoms with Crippen molar-refractivity contribution in [1.82, 2.24) is 9.80 Å². The SMILES string of the molecule is O=C1N(Cc2cccc(F)c2F)CCC[C@@]1(O)CN1CCOCC1. The van der Waals surface area contributed by atoms with Gasteiger partial charge in [0.25, 0.3) is 5.91 Å². The molecule has 24 heavy (non-hydrogen) atoms. The van der Waals surface area contributed by atoms with E-state index >= 15 is 0 Å². The van der Waals surface area contributed by atoms with Gasteiger partial charge in [-0.2, -0.15) is 0 Å². The van der Waals surface area contributed by atoms with Crippen molar-refractivity contribution in [3.63, 3.8) is 0 Å². The van der Waals surface area contributed by atoms with Gasteiger partial charge in [0, 0.05) is 38.3 Å². The fourth-order valence-electron chi connectivity index (χ4n) is 3.37. The fourth-order valence-corrected chi connectivity index (χ4v) is 3.37. The second kappa shape index (κ2) is 7.13. The summed E-state index contributed by atoms with van der Waals surface area (Å²) < 4.78 is 32.5. The van der Waals surface area contributed by atoms with Crippen LogP contribution >= 0.6 is 0 Å². The summed E-state index contributed by atoms with van der Waals surface area (Å²) in [5.41, 5.74) is -1.35. The van der Waals surface area contributed by atoms with Gasteiger partial charge in [0.2, 0.25) is 0 Å². The van der Waals surface area contributed by atoms with Gasteiger partial charge in [-0.1, -0.05) is 12.1 Å². The van der Waals surface area contributed by atoms with Crippen molar-refractivity contribution in [3.8, 4) is 0 Å². The van der Waals surface area contributed by atoms with E-state index < -0.39 is 23.1 Å². The van der Waals surface area contributed by atoms with Crippen LogP contribution in [0.25, 0.3) is 0 Å². The Morgan fingerprint density at radius 1 is 1.21 bits per heavy atom. The van der Waals surface area contributed by atoms with Crippen LogP contribution in [0.2, 0.25) is 0 Å². The molecule has 1 atom stereocenters. The van der Waals surface area contributed by atoms with Crippen molar-refractivity contribution in [2.75, 3.05) is 39.4 Å². The van der Waals surface area contributed by atoms with Gasteiger partial charge in [0.1, 0.15) is 0 Å². The molecule has 3 rings (SSSR count).